The first-order chi connectivity index (χ1) is 9.89. The summed E-state index contributed by atoms with van der Waals surface area (Å²) in [7, 11) is 0. The quantitative estimate of drug-likeness (QED) is 0.847. The first-order valence-electron chi connectivity index (χ1n) is 7.73. The number of hydrogen-bond acceptors (Lipinski definition) is 2. The van der Waals surface area contributed by atoms with Crippen LogP contribution in [0.4, 0.5) is 0 Å². The molecule has 0 aromatic heterocycles. The molecule has 1 heterocycles. The van der Waals surface area contributed by atoms with Crippen molar-refractivity contribution < 1.29 is 4.79 Å². The van der Waals surface area contributed by atoms with E-state index >= 15 is 0 Å². The van der Waals surface area contributed by atoms with Gasteiger partial charge in [-0.3, -0.25) is 4.79 Å². The minimum atomic E-state index is -0.374. The highest BCUT2D eigenvalue weighted by atomic mass is 79.9. The van der Waals surface area contributed by atoms with Crippen LogP contribution < -0.4 is 10.6 Å². The van der Waals surface area contributed by atoms with Crippen LogP contribution in [0.25, 0.3) is 0 Å². The van der Waals surface area contributed by atoms with E-state index in [4.69, 9.17) is 0 Å². The lowest BCUT2D eigenvalue weighted by Gasteiger charge is -2.34. The molecular formula is C17H25BrN2O. The zero-order chi connectivity index (χ0) is 15.5. The topological polar surface area (TPSA) is 41.1 Å². The van der Waals surface area contributed by atoms with Crippen molar-refractivity contribution >= 4 is 21.8 Å². The minimum Gasteiger partial charge on any atom is -0.346 e. The molecule has 1 saturated heterocycles. The number of benzene rings is 1. The molecule has 3 nitrogen and oxygen atoms in total. The molecule has 2 rings (SSSR count). The molecule has 1 amide bonds. The lowest BCUT2D eigenvalue weighted by Crippen LogP contribution is -2.57. The van der Waals surface area contributed by atoms with Gasteiger partial charge in [0.05, 0.1) is 11.1 Å². The van der Waals surface area contributed by atoms with E-state index in [-0.39, 0.29) is 17.0 Å². The lowest BCUT2D eigenvalue weighted by atomic mass is 9.87. The molecule has 2 N–H and O–H groups in total. The number of carbonyl (C=O) groups excluding carboxylic acids is 1. The van der Waals surface area contributed by atoms with E-state index in [2.05, 4.69) is 59.5 Å². The van der Waals surface area contributed by atoms with Gasteiger partial charge in [0.15, 0.2) is 0 Å². The molecule has 1 aromatic carbocycles. The third-order valence-electron chi connectivity index (χ3n) is 4.35. The fourth-order valence-corrected chi connectivity index (χ4v) is 3.36. The maximum atomic E-state index is 12.8. The monoisotopic (exact) mass is 352 g/mol. The van der Waals surface area contributed by atoms with Crippen molar-refractivity contribution in [1.82, 2.24) is 10.6 Å². The molecule has 1 aliphatic heterocycles. The Balaban J connectivity index is 2.15. The maximum Gasteiger partial charge on any atom is 0.240 e. The Kier molecular flexibility index (Phi) is 5.10. The second kappa shape index (κ2) is 6.49. The van der Waals surface area contributed by atoms with Gasteiger partial charge >= 0.3 is 0 Å². The van der Waals surface area contributed by atoms with Crippen LogP contribution >= 0.6 is 15.9 Å². The van der Waals surface area contributed by atoms with Crippen LogP contribution in [-0.2, 0) is 10.3 Å². The SMILES string of the molecule is CCCC1(C(=O)NC(C)(C)c2ccc(Br)cc2)CCCN1. The summed E-state index contributed by atoms with van der Waals surface area (Å²) in [6.45, 7) is 7.19. The van der Waals surface area contributed by atoms with Crippen molar-refractivity contribution in [2.75, 3.05) is 6.54 Å². The fraction of sp³-hybridized carbons (Fsp3) is 0.588. The van der Waals surface area contributed by atoms with Gasteiger partial charge in [-0.1, -0.05) is 41.4 Å². The Labute approximate surface area is 136 Å². The Morgan fingerprint density at radius 2 is 2.05 bits per heavy atom. The van der Waals surface area contributed by atoms with Crippen LogP contribution in [-0.4, -0.2) is 18.0 Å². The standard InChI is InChI=1S/C17H25BrN2O/c1-4-10-17(11-5-12-19-17)15(21)20-16(2,3)13-6-8-14(18)9-7-13/h6-9,19H,4-5,10-12H2,1-3H3,(H,20,21). The van der Waals surface area contributed by atoms with Crippen LogP contribution in [0.15, 0.2) is 28.7 Å². The third-order valence-corrected chi connectivity index (χ3v) is 4.88. The maximum absolute atomic E-state index is 12.8. The van der Waals surface area contributed by atoms with Crippen LogP contribution in [0.5, 0.6) is 0 Å². The summed E-state index contributed by atoms with van der Waals surface area (Å²) in [5.74, 6) is 0.134. The highest BCUT2D eigenvalue weighted by molar-refractivity contribution is 9.10. The van der Waals surface area contributed by atoms with Gasteiger partial charge in [-0.15, -0.1) is 0 Å². The van der Waals surface area contributed by atoms with Gasteiger partial charge in [0, 0.05) is 4.47 Å². The van der Waals surface area contributed by atoms with Gasteiger partial charge in [0.1, 0.15) is 0 Å². The van der Waals surface area contributed by atoms with E-state index < -0.39 is 0 Å². The van der Waals surface area contributed by atoms with Crippen molar-refractivity contribution in [2.24, 2.45) is 0 Å². The second-order valence-electron chi connectivity index (χ2n) is 6.45. The van der Waals surface area contributed by atoms with E-state index in [1.165, 1.54) is 0 Å². The lowest BCUT2D eigenvalue weighted by molar-refractivity contribution is -0.129. The molecular weight excluding hydrogens is 328 g/mol. The molecule has 0 saturated carbocycles. The summed E-state index contributed by atoms with van der Waals surface area (Å²) in [6.07, 6.45) is 3.92. The van der Waals surface area contributed by atoms with Gasteiger partial charge in [-0.05, 0) is 57.4 Å². The number of hydrogen-bond donors (Lipinski definition) is 2. The molecule has 21 heavy (non-hydrogen) atoms. The zero-order valence-corrected chi connectivity index (χ0v) is 14.7. The first-order valence-corrected chi connectivity index (χ1v) is 8.53. The zero-order valence-electron chi connectivity index (χ0n) is 13.1. The smallest absolute Gasteiger partial charge is 0.240 e. The molecule has 1 atom stereocenters. The minimum absolute atomic E-state index is 0.134. The van der Waals surface area contributed by atoms with Crippen molar-refractivity contribution in [1.29, 1.82) is 0 Å². The van der Waals surface area contributed by atoms with Gasteiger partial charge < -0.3 is 10.6 Å². The first kappa shape index (κ1) is 16.5. The van der Waals surface area contributed by atoms with Crippen molar-refractivity contribution in [2.45, 2.75) is 57.5 Å². The molecule has 116 valence electrons. The summed E-state index contributed by atoms with van der Waals surface area (Å²) >= 11 is 3.45. The van der Waals surface area contributed by atoms with Crippen LogP contribution in [0.3, 0.4) is 0 Å². The Morgan fingerprint density at radius 3 is 2.57 bits per heavy atom. The van der Waals surface area contributed by atoms with Gasteiger partial charge in [0.2, 0.25) is 5.91 Å². The van der Waals surface area contributed by atoms with Crippen LogP contribution in [0, 0.1) is 0 Å². The normalized spacial score (nSPS) is 22.3. The molecule has 1 aromatic rings. The summed E-state index contributed by atoms with van der Waals surface area (Å²) in [5, 5.41) is 6.68. The molecule has 4 heteroatoms. The largest absolute Gasteiger partial charge is 0.346 e. The highest BCUT2D eigenvalue weighted by Gasteiger charge is 2.41. The summed E-state index contributed by atoms with van der Waals surface area (Å²) in [4.78, 5) is 12.8. The second-order valence-corrected chi connectivity index (χ2v) is 7.36. The van der Waals surface area contributed by atoms with Gasteiger partial charge in [0.25, 0.3) is 0 Å². The van der Waals surface area contributed by atoms with Crippen LogP contribution in [0.1, 0.15) is 52.0 Å². The third kappa shape index (κ3) is 3.67. The predicted molar refractivity (Wildman–Crippen MR) is 90.2 cm³/mol. The van der Waals surface area contributed by atoms with Gasteiger partial charge in [-0.25, -0.2) is 0 Å². The van der Waals surface area contributed by atoms with E-state index in [0.717, 1.165) is 42.3 Å². The van der Waals surface area contributed by atoms with Gasteiger partial charge in [-0.2, -0.15) is 0 Å². The van der Waals surface area contributed by atoms with Crippen molar-refractivity contribution in [3.63, 3.8) is 0 Å². The van der Waals surface area contributed by atoms with E-state index in [9.17, 15) is 4.79 Å². The Morgan fingerprint density at radius 1 is 1.38 bits per heavy atom. The Hall–Kier alpha value is -0.870. The van der Waals surface area contributed by atoms with E-state index in [1.807, 2.05) is 12.1 Å². The Bertz CT molecular complexity index is 490. The molecule has 0 bridgehead atoms. The summed E-state index contributed by atoms with van der Waals surface area (Å²) in [5.41, 5.74) is 0.369. The summed E-state index contributed by atoms with van der Waals surface area (Å²) < 4.78 is 1.05. The molecule has 0 aliphatic carbocycles. The van der Waals surface area contributed by atoms with Crippen molar-refractivity contribution in [3.8, 4) is 0 Å². The van der Waals surface area contributed by atoms with E-state index in [1.54, 1.807) is 0 Å². The molecule has 0 radical (unpaired) electrons. The summed E-state index contributed by atoms with van der Waals surface area (Å²) in [6, 6.07) is 8.13. The fourth-order valence-electron chi connectivity index (χ4n) is 3.10. The number of nitrogens with one attached hydrogen (secondary N) is 2. The molecule has 0 spiro atoms. The van der Waals surface area contributed by atoms with Crippen LogP contribution in [0.2, 0.25) is 0 Å². The number of rotatable bonds is 5. The van der Waals surface area contributed by atoms with E-state index in [0.29, 0.717) is 0 Å². The highest BCUT2D eigenvalue weighted by Crippen LogP contribution is 2.28. The predicted octanol–water partition coefficient (Wildman–Crippen LogP) is 3.72. The average Bonchev–Trinajstić information content (AvgIpc) is 2.89. The number of carbonyl (C=O) groups is 1. The number of halogens is 1. The number of amides is 1. The molecule has 1 unspecified atom stereocenters. The molecule has 1 aliphatic rings. The average molecular weight is 353 g/mol. The van der Waals surface area contributed by atoms with Crippen molar-refractivity contribution in [3.05, 3.63) is 34.3 Å². The molecule has 1 fully saturated rings.